The predicted octanol–water partition coefficient (Wildman–Crippen LogP) is 2.64. The second kappa shape index (κ2) is 5.65. The number of aliphatic carboxylic acids is 1. The van der Waals surface area contributed by atoms with E-state index in [-0.39, 0.29) is 6.04 Å². The molecular formula is C17H19N5O2. The van der Waals surface area contributed by atoms with Crippen molar-refractivity contribution in [1.82, 2.24) is 9.99 Å². The van der Waals surface area contributed by atoms with Crippen LogP contribution in [0.5, 0.6) is 0 Å². The number of nitrogens with one attached hydrogen (secondary N) is 1. The average molecular weight is 325 g/mol. The average Bonchev–Trinajstić information content (AvgIpc) is 3.16. The highest BCUT2D eigenvalue weighted by Gasteiger charge is 2.41. The number of hydrazone groups is 1. The van der Waals surface area contributed by atoms with E-state index in [1.807, 2.05) is 29.0 Å². The fourth-order valence-corrected chi connectivity index (χ4v) is 2.85. The van der Waals surface area contributed by atoms with Gasteiger partial charge < -0.3 is 9.67 Å². The van der Waals surface area contributed by atoms with Crippen LogP contribution in [0.1, 0.15) is 38.8 Å². The molecule has 1 atom stereocenters. The monoisotopic (exact) mass is 325 g/mol. The van der Waals surface area contributed by atoms with Crippen molar-refractivity contribution in [2.45, 2.75) is 38.8 Å². The molecule has 0 fully saturated rings. The Balaban J connectivity index is 2.03. The predicted molar refractivity (Wildman–Crippen MR) is 91.8 cm³/mol. The number of fused-ring (bicyclic) bond motifs is 1. The summed E-state index contributed by atoms with van der Waals surface area (Å²) in [6, 6.07) is 8.09. The lowest BCUT2D eigenvalue weighted by atomic mass is 10.00. The molecule has 2 N–H and O–H groups in total. The summed E-state index contributed by atoms with van der Waals surface area (Å²) < 4.78 is 2.05. The molecule has 1 aliphatic heterocycles. The first-order chi connectivity index (χ1) is 11.4. The molecule has 0 spiro atoms. The van der Waals surface area contributed by atoms with Gasteiger partial charge in [-0.1, -0.05) is 6.92 Å². The molecular weight excluding hydrogens is 306 g/mol. The van der Waals surface area contributed by atoms with E-state index >= 15 is 0 Å². The van der Waals surface area contributed by atoms with E-state index in [4.69, 9.17) is 0 Å². The van der Waals surface area contributed by atoms with Crippen LogP contribution in [0.15, 0.2) is 29.5 Å². The maximum atomic E-state index is 11.5. The molecule has 2 heterocycles. The summed E-state index contributed by atoms with van der Waals surface area (Å²) in [6.45, 7) is 5.91. The first-order valence-electron chi connectivity index (χ1n) is 7.83. The minimum absolute atomic E-state index is 0.239. The van der Waals surface area contributed by atoms with Gasteiger partial charge >= 0.3 is 5.97 Å². The largest absolute Gasteiger partial charge is 0.480 e. The van der Waals surface area contributed by atoms with E-state index in [2.05, 4.69) is 30.4 Å². The van der Waals surface area contributed by atoms with E-state index in [0.29, 0.717) is 17.7 Å². The lowest BCUT2D eigenvalue weighted by Crippen LogP contribution is -2.53. The van der Waals surface area contributed by atoms with Gasteiger partial charge in [-0.15, -0.1) is 0 Å². The number of benzene rings is 1. The van der Waals surface area contributed by atoms with Gasteiger partial charge in [-0.05, 0) is 38.5 Å². The van der Waals surface area contributed by atoms with E-state index in [1.165, 1.54) is 11.3 Å². The van der Waals surface area contributed by atoms with Gasteiger partial charge in [-0.2, -0.15) is 20.9 Å². The summed E-state index contributed by atoms with van der Waals surface area (Å²) in [4.78, 5) is 11.5. The summed E-state index contributed by atoms with van der Waals surface area (Å²) in [5, 5.41) is 25.3. The zero-order valence-corrected chi connectivity index (χ0v) is 13.8. The molecule has 24 heavy (non-hydrogen) atoms. The lowest BCUT2D eigenvalue weighted by molar-refractivity contribution is -0.141. The second-order valence-corrected chi connectivity index (χ2v) is 6.16. The third-order valence-corrected chi connectivity index (χ3v) is 4.38. The van der Waals surface area contributed by atoms with Gasteiger partial charge in [-0.3, -0.25) is 0 Å². The summed E-state index contributed by atoms with van der Waals surface area (Å²) in [6.07, 6.45) is 3.62. The summed E-state index contributed by atoms with van der Waals surface area (Å²) in [7, 11) is 0. The first kappa shape index (κ1) is 16.0. The maximum absolute atomic E-state index is 11.5. The third kappa shape index (κ3) is 2.32. The van der Waals surface area contributed by atoms with Crippen molar-refractivity contribution in [2.75, 3.05) is 5.12 Å². The van der Waals surface area contributed by atoms with Gasteiger partial charge in [0.25, 0.3) is 0 Å². The van der Waals surface area contributed by atoms with Crippen molar-refractivity contribution < 1.29 is 9.90 Å². The number of carbonyl (C=O) groups is 1. The molecule has 1 unspecified atom stereocenters. The van der Waals surface area contributed by atoms with Crippen molar-refractivity contribution in [2.24, 2.45) is 5.10 Å². The quantitative estimate of drug-likeness (QED) is 0.901. The number of hydrazine groups is 1. The van der Waals surface area contributed by atoms with Gasteiger partial charge in [0, 0.05) is 23.1 Å². The Labute approximate surface area is 139 Å². The van der Waals surface area contributed by atoms with Gasteiger partial charge in [0.05, 0.1) is 17.5 Å². The molecule has 1 aromatic carbocycles. The maximum Gasteiger partial charge on any atom is 0.331 e. The van der Waals surface area contributed by atoms with Crippen LogP contribution < -0.4 is 10.5 Å². The smallest absolute Gasteiger partial charge is 0.331 e. The number of carboxylic acid groups (broad SMARTS) is 1. The van der Waals surface area contributed by atoms with E-state index in [1.54, 1.807) is 6.92 Å². The van der Waals surface area contributed by atoms with Crippen LogP contribution in [-0.4, -0.2) is 27.4 Å². The summed E-state index contributed by atoms with van der Waals surface area (Å²) in [5.41, 5.74) is 3.97. The number of nitriles is 1. The molecule has 0 saturated carbocycles. The summed E-state index contributed by atoms with van der Waals surface area (Å²) >= 11 is 0. The molecule has 1 aromatic heterocycles. The Kier molecular flexibility index (Phi) is 3.78. The van der Waals surface area contributed by atoms with Gasteiger partial charge in [0.2, 0.25) is 0 Å². The number of anilines is 1. The molecule has 124 valence electrons. The minimum Gasteiger partial charge on any atom is -0.480 e. The molecule has 0 saturated heterocycles. The Bertz CT molecular complexity index is 877. The zero-order chi connectivity index (χ0) is 17.5. The molecule has 0 aliphatic carbocycles. The molecule has 1 aliphatic rings. The van der Waals surface area contributed by atoms with E-state index in [0.717, 1.165) is 10.9 Å². The lowest BCUT2D eigenvalue weighted by Gasteiger charge is -2.24. The Hall–Kier alpha value is -2.85. The van der Waals surface area contributed by atoms with E-state index < -0.39 is 11.5 Å². The van der Waals surface area contributed by atoms with Crippen LogP contribution in [0.3, 0.4) is 0 Å². The number of hydrogen-bond acceptors (Lipinski definition) is 5. The van der Waals surface area contributed by atoms with Crippen LogP contribution in [0.25, 0.3) is 10.9 Å². The molecule has 2 aromatic rings. The van der Waals surface area contributed by atoms with Gasteiger partial charge in [0.15, 0.2) is 5.54 Å². The highest BCUT2D eigenvalue weighted by Crippen LogP contribution is 2.30. The summed E-state index contributed by atoms with van der Waals surface area (Å²) in [5.74, 6) is -0.971. The van der Waals surface area contributed by atoms with E-state index in [9.17, 15) is 15.2 Å². The molecule has 3 rings (SSSR count). The molecule has 0 radical (unpaired) electrons. The standard InChI is InChI=1S/C17H19N5O2/c1-4-17(16(23)24)10-19-22(20-17)13-5-6-15-14(7-13)12(8-18)9-21(15)11(2)3/h5-7,9-11,20H,4H2,1-3H3,(H,23,24). The Morgan fingerprint density at radius 3 is 2.79 bits per heavy atom. The van der Waals surface area contributed by atoms with Crippen molar-refractivity contribution in [3.63, 3.8) is 0 Å². The SMILES string of the molecule is CCC1(C(=O)O)C=NN(c2ccc3c(c2)c(C#N)cn3C(C)C)N1. The highest BCUT2D eigenvalue weighted by molar-refractivity contribution is 6.01. The van der Waals surface area contributed by atoms with Crippen LogP contribution in [0.2, 0.25) is 0 Å². The molecule has 0 amide bonds. The number of carboxylic acids is 1. The fraction of sp³-hybridized carbons (Fsp3) is 0.353. The molecule has 7 nitrogen and oxygen atoms in total. The fourth-order valence-electron chi connectivity index (χ4n) is 2.85. The number of rotatable bonds is 4. The first-order valence-corrected chi connectivity index (χ1v) is 7.83. The van der Waals surface area contributed by atoms with Crippen LogP contribution in [0, 0.1) is 11.3 Å². The van der Waals surface area contributed by atoms with Gasteiger partial charge in [-0.25, -0.2) is 4.79 Å². The Morgan fingerprint density at radius 1 is 1.50 bits per heavy atom. The van der Waals surface area contributed by atoms with Crippen molar-refractivity contribution in [3.8, 4) is 6.07 Å². The van der Waals surface area contributed by atoms with Crippen molar-refractivity contribution in [3.05, 3.63) is 30.0 Å². The topological polar surface area (TPSA) is 93.7 Å². The Morgan fingerprint density at radius 2 is 2.25 bits per heavy atom. The highest BCUT2D eigenvalue weighted by atomic mass is 16.4. The number of aromatic nitrogens is 1. The molecule has 0 bridgehead atoms. The van der Waals surface area contributed by atoms with Crippen LogP contribution in [0.4, 0.5) is 5.69 Å². The van der Waals surface area contributed by atoms with Crippen molar-refractivity contribution >= 4 is 28.8 Å². The molecule has 7 heteroatoms. The third-order valence-electron chi connectivity index (χ3n) is 4.38. The second-order valence-electron chi connectivity index (χ2n) is 6.16. The number of nitrogens with zero attached hydrogens (tertiary/aromatic N) is 4. The van der Waals surface area contributed by atoms with Crippen LogP contribution in [-0.2, 0) is 4.79 Å². The normalized spacial score (nSPS) is 20.0. The van der Waals surface area contributed by atoms with Crippen LogP contribution >= 0.6 is 0 Å². The minimum atomic E-state index is -1.20. The number of hydrogen-bond donors (Lipinski definition) is 2. The van der Waals surface area contributed by atoms with Gasteiger partial charge in [0.1, 0.15) is 6.07 Å². The zero-order valence-electron chi connectivity index (χ0n) is 13.8. The van der Waals surface area contributed by atoms with Crippen molar-refractivity contribution in [1.29, 1.82) is 5.26 Å².